The van der Waals surface area contributed by atoms with E-state index < -0.39 is 0 Å². The van der Waals surface area contributed by atoms with Crippen molar-refractivity contribution in [1.82, 2.24) is 0 Å². The minimum atomic E-state index is -0.0668. The van der Waals surface area contributed by atoms with Crippen LogP contribution in [0.2, 0.25) is 0 Å². The lowest BCUT2D eigenvalue weighted by Crippen LogP contribution is -2.51. The Morgan fingerprint density at radius 3 is 1.89 bits per heavy atom. The molecule has 1 unspecified atom stereocenters. The molecule has 2 rings (SSSR count). The lowest BCUT2D eigenvalue weighted by atomic mass is 9.67. The summed E-state index contributed by atoms with van der Waals surface area (Å²) in [5.41, 5.74) is 0.234. The Morgan fingerprint density at radius 1 is 1.05 bits per heavy atom. The maximum atomic E-state index is 6.47. The molecule has 2 bridgehead atoms. The summed E-state index contributed by atoms with van der Waals surface area (Å²) in [4.78, 5) is 0. The Kier molecular flexibility index (Phi) is 4.29. The van der Waals surface area contributed by atoms with Crippen LogP contribution in [0.4, 0.5) is 0 Å². The number of ether oxygens (including phenoxy) is 3. The SMILES string of the molecule is CCC(C)(C)C1C[C@@]2(COC)CC[C@@](COC)(C1)O2. The van der Waals surface area contributed by atoms with Gasteiger partial charge >= 0.3 is 0 Å². The van der Waals surface area contributed by atoms with E-state index in [9.17, 15) is 0 Å². The van der Waals surface area contributed by atoms with Gasteiger partial charge in [0.25, 0.3) is 0 Å². The van der Waals surface area contributed by atoms with E-state index in [2.05, 4.69) is 20.8 Å². The number of hydrogen-bond acceptors (Lipinski definition) is 3. The largest absolute Gasteiger partial charge is 0.382 e. The molecule has 2 saturated heterocycles. The van der Waals surface area contributed by atoms with Gasteiger partial charge in [-0.05, 0) is 37.0 Å². The van der Waals surface area contributed by atoms with Crippen molar-refractivity contribution >= 4 is 0 Å². The summed E-state index contributed by atoms with van der Waals surface area (Å²) in [5, 5.41) is 0. The van der Waals surface area contributed by atoms with Gasteiger partial charge < -0.3 is 14.2 Å². The third-order valence-corrected chi connectivity index (χ3v) is 5.54. The fraction of sp³-hybridized carbons (Fsp3) is 1.00. The molecule has 0 radical (unpaired) electrons. The van der Waals surface area contributed by atoms with Crippen molar-refractivity contribution in [1.29, 1.82) is 0 Å². The Hall–Kier alpha value is -0.120. The predicted molar refractivity (Wildman–Crippen MR) is 76.3 cm³/mol. The van der Waals surface area contributed by atoms with Crippen LogP contribution < -0.4 is 0 Å². The van der Waals surface area contributed by atoms with Crippen LogP contribution in [-0.2, 0) is 14.2 Å². The molecule has 3 heteroatoms. The highest BCUT2D eigenvalue weighted by molar-refractivity contribution is 5.06. The fourth-order valence-corrected chi connectivity index (χ4v) is 3.96. The molecule has 0 aromatic heterocycles. The molecular weight excluding hydrogens is 240 g/mol. The predicted octanol–water partition coefficient (Wildman–Crippen LogP) is 3.41. The molecule has 0 aromatic carbocycles. The van der Waals surface area contributed by atoms with Gasteiger partial charge in [-0.3, -0.25) is 0 Å². The number of rotatable bonds is 6. The standard InChI is InChI=1S/C16H30O3/c1-6-14(2,3)13-9-15(11-17-4)7-8-16(10-13,19-15)12-18-5/h13H,6-12H2,1-5H3/t13?,15-,16+. The van der Waals surface area contributed by atoms with E-state index in [1.807, 2.05) is 0 Å². The van der Waals surface area contributed by atoms with E-state index in [4.69, 9.17) is 14.2 Å². The summed E-state index contributed by atoms with van der Waals surface area (Å²) in [6, 6.07) is 0. The number of hydrogen-bond donors (Lipinski definition) is 0. The van der Waals surface area contributed by atoms with Gasteiger partial charge in [0, 0.05) is 14.2 Å². The van der Waals surface area contributed by atoms with Gasteiger partial charge in [0.1, 0.15) is 0 Å². The zero-order valence-electron chi connectivity index (χ0n) is 13.3. The zero-order chi connectivity index (χ0) is 14.1. The van der Waals surface area contributed by atoms with E-state index in [0.717, 1.165) is 38.9 Å². The first-order chi connectivity index (χ1) is 8.91. The van der Waals surface area contributed by atoms with Crippen LogP contribution >= 0.6 is 0 Å². The Bertz CT molecular complexity index is 293. The third-order valence-electron chi connectivity index (χ3n) is 5.54. The second-order valence-electron chi connectivity index (χ2n) is 7.28. The van der Waals surface area contributed by atoms with Gasteiger partial charge in [-0.1, -0.05) is 27.2 Å². The molecular formula is C16H30O3. The highest BCUT2D eigenvalue weighted by Gasteiger charge is 2.57. The molecule has 2 fully saturated rings. The van der Waals surface area contributed by atoms with Crippen molar-refractivity contribution in [2.24, 2.45) is 11.3 Å². The highest BCUT2D eigenvalue weighted by atomic mass is 16.6. The molecule has 2 aliphatic rings. The second kappa shape index (κ2) is 5.34. The average Bonchev–Trinajstić information content (AvgIpc) is 2.61. The van der Waals surface area contributed by atoms with Crippen molar-refractivity contribution in [3.63, 3.8) is 0 Å². The highest BCUT2D eigenvalue weighted by Crippen LogP contribution is 2.55. The van der Waals surface area contributed by atoms with E-state index in [0.29, 0.717) is 11.3 Å². The monoisotopic (exact) mass is 270 g/mol. The Morgan fingerprint density at radius 2 is 1.53 bits per heavy atom. The Balaban J connectivity index is 2.22. The zero-order valence-corrected chi connectivity index (χ0v) is 13.3. The van der Waals surface area contributed by atoms with Crippen molar-refractivity contribution < 1.29 is 14.2 Å². The smallest absolute Gasteiger partial charge is 0.0927 e. The normalized spacial score (nSPS) is 38.7. The molecule has 19 heavy (non-hydrogen) atoms. The van der Waals surface area contributed by atoms with Crippen LogP contribution in [0.25, 0.3) is 0 Å². The minimum Gasteiger partial charge on any atom is -0.382 e. The summed E-state index contributed by atoms with van der Waals surface area (Å²) in [6.45, 7) is 8.51. The van der Waals surface area contributed by atoms with E-state index in [1.165, 1.54) is 6.42 Å². The first kappa shape index (κ1) is 15.3. The molecule has 2 heterocycles. The minimum absolute atomic E-state index is 0.0668. The van der Waals surface area contributed by atoms with Crippen LogP contribution in [0.5, 0.6) is 0 Å². The third kappa shape index (κ3) is 2.84. The van der Waals surface area contributed by atoms with Gasteiger partial charge in [-0.15, -0.1) is 0 Å². The number of fused-ring (bicyclic) bond motifs is 2. The maximum absolute atomic E-state index is 6.47. The molecule has 0 N–H and O–H groups in total. The topological polar surface area (TPSA) is 27.7 Å². The van der Waals surface area contributed by atoms with E-state index in [1.54, 1.807) is 14.2 Å². The van der Waals surface area contributed by atoms with Crippen molar-refractivity contribution in [2.45, 2.75) is 64.1 Å². The van der Waals surface area contributed by atoms with Gasteiger partial charge in [0.15, 0.2) is 0 Å². The first-order valence-corrected chi connectivity index (χ1v) is 7.59. The molecule has 3 atom stereocenters. The lowest BCUT2D eigenvalue weighted by Gasteiger charge is -2.48. The van der Waals surface area contributed by atoms with Crippen LogP contribution in [-0.4, -0.2) is 38.6 Å². The molecule has 112 valence electrons. The maximum Gasteiger partial charge on any atom is 0.0927 e. The second-order valence-corrected chi connectivity index (χ2v) is 7.28. The Labute approximate surface area is 118 Å². The molecule has 3 nitrogen and oxygen atoms in total. The summed E-state index contributed by atoms with van der Waals surface area (Å²) < 4.78 is 17.4. The quantitative estimate of drug-likeness (QED) is 0.740. The summed E-state index contributed by atoms with van der Waals surface area (Å²) >= 11 is 0. The van der Waals surface area contributed by atoms with Gasteiger partial charge in [0.05, 0.1) is 24.4 Å². The fourth-order valence-electron chi connectivity index (χ4n) is 3.96. The summed E-state index contributed by atoms with van der Waals surface area (Å²) in [7, 11) is 3.56. The van der Waals surface area contributed by atoms with Crippen molar-refractivity contribution in [3.05, 3.63) is 0 Å². The first-order valence-electron chi connectivity index (χ1n) is 7.59. The van der Waals surface area contributed by atoms with Crippen LogP contribution in [0.15, 0.2) is 0 Å². The van der Waals surface area contributed by atoms with E-state index >= 15 is 0 Å². The molecule has 0 aliphatic carbocycles. The van der Waals surface area contributed by atoms with Gasteiger partial charge in [0.2, 0.25) is 0 Å². The summed E-state index contributed by atoms with van der Waals surface area (Å²) in [5.74, 6) is 0.694. The molecule has 2 aliphatic heterocycles. The van der Waals surface area contributed by atoms with Gasteiger partial charge in [-0.2, -0.15) is 0 Å². The van der Waals surface area contributed by atoms with Crippen LogP contribution in [0, 0.1) is 11.3 Å². The molecule has 0 amide bonds. The van der Waals surface area contributed by atoms with E-state index in [-0.39, 0.29) is 11.2 Å². The van der Waals surface area contributed by atoms with Gasteiger partial charge in [-0.25, -0.2) is 0 Å². The molecule has 0 spiro atoms. The van der Waals surface area contributed by atoms with Crippen molar-refractivity contribution in [3.8, 4) is 0 Å². The lowest BCUT2D eigenvalue weighted by molar-refractivity contribution is -0.204. The molecule has 0 saturated carbocycles. The van der Waals surface area contributed by atoms with Crippen LogP contribution in [0.3, 0.4) is 0 Å². The summed E-state index contributed by atoms with van der Waals surface area (Å²) in [6.07, 6.45) is 5.70. The van der Waals surface area contributed by atoms with Crippen molar-refractivity contribution in [2.75, 3.05) is 27.4 Å². The average molecular weight is 270 g/mol. The molecule has 0 aromatic rings. The number of methoxy groups -OCH3 is 2. The van der Waals surface area contributed by atoms with Crippen LogP contribution in [0.1, 0.15) is 52.9 Å².